The van der Waals surface area contributed by atoms with Crippen LogP contribution in [0.1, 0.15) is 45.1 Å². The van der Waals surface area contributed by atoms with E-state index in [9.17, 15) is 39.6 Å². The number of fused-ring (bicyclic) bond motifs is 1. The number of amides is 2. The lowest BCUT2D eigenvalue weighted by atomic mass is 9.86. The van der Waals surface area contributed by atoms with Gasteiger partial charge in [-0.2, -0.15) is 0 Å². The molecule has 13 heteroatoms. The lowest BCUT2D eigenvalue weighted by molar-refractivity contribution is -0.155. The van der Waals surface area contributed by atoms with Crippen LogP contribution in [0.4, 0.5) is 0 Å². The molecule has 3 atom stereocenters. The van der Waals surface area contributed by atoms with Crippen LogP contribution in [0, 0.1) is 0 Å². The van der Waals surface area contributed by atoms with Crippen LogP contribution in [-0.2, 0) is 21.6 Å². The van der Waals surface area contributed by atoms with Gasteiger partial charge in [0.25, 0.3) is 11.8 Å². The molecule has 0 unspecified atom stereocenters. The fraction of sp³-hybridized carbons (Fsp3) is 0.250. The number of phenols is 1. The zero-order valence-corrected chi connectivity index (χ0v) is 28.7. The maximum Gasteiger partial charge on any atom is 0.345 e. The fourth-order valence-corrected chi connectivity index (χ4v) is 6.47. The molecule has 7 N–H and O–H groups in total. The number of hydrogen-bond acceptors (Lipinski definition) is 9. The van der Waals surface area contributed by atoms with E-state index >= 15 is 0 Å². The van der Waals surface area contributed by atoms with Crippen LogP contribution >= 0.6 is 0 Å². The molecule has 0 radical (unpaired) electrons. The zero-order valence-electron chi connectivity index (χ0n) is 28.7. The van der Waals surface area contributed by atoms with Gasteiger partial charge in [-0.25, -0.2) is 4.79 Å². The Labute approximate surface area is 304 Å². The summed E-state index contributed by atoms with van der Waals surface area (Å²) in [6.45, 7) is 1.27. The van der Waals surface area contributed by atoms with Crippen molar-refractivity contribution in [3.05, 3.63) is 141 Å². The van der Waals surface area contributed by atoms with Crippen LogP contribution < -0.4 is 20.9 Å². The van der Waals surface area contributed by atoms with Gasteiger partial charge >= 0.3 is 5.97 Å². The summed E-state index contributed by atoms with van der Waals surface area (Å²) >= 11 is 0. The molecule has 1 aliphatic rings. The van der Waals surface area contributed by atoms with E-state index < -0.39 is 17.7 Å². The second kappa shape index (κ2) is 16.1. The molecule has 53 heavy (non-hydrogen) atoms. The van der Waals surface area contributed by atoms with Crippen molar-refractivity contribution >= 4 is 28.7 Å². The molecule has 0 spiro atoms. The highest BCUT2D eigenvalue weighted by Crippen LogP contribution is 2.32. The van der Waals surface area contributed by atoms with E-state index in [0.717, 1.165) is 5.56 Å². The van der Waals surface area contributed by atoms with E-state index in [1.807, 2.05) is 12.1 Å². The maximum absolute atomic E-state index is 13.0. The molecule has 2 amide bonds. The molecule has 5 aromatic rings. The second-order valence-electron chi connectivity index (χ2n) is 12.9. The Morgan fingerprint density at radius 2 is 1.70 bits per heavy atom. The number of aromatic amines is 1. The van der Waals surface area contributed by atoms with E-state index in [2.05, 4.69) is 15.6 Å². The molecule has 0 aliphatic carbocycles. The molecule has 4 aromatic carbocycles. The van der Waals surface area contributed by atoms with Gasteiger partial charge in [0, 0.05) is 48.3 Å². The minimum Gasteiger partial charge on any atom is -0.506 e. The Bertz CT molecular complexity index is 2160. The molecule has 274 valence electrons. The van der Waals surface area contributed by atoms with Crippen molar-refractivity contribution in [2.75, 3.05) is 32.8 Å². The van der Waals surface area contributed by atoms with Crippen LogP contribution in [0.15, 0.2) is 108 Å². The number of carboxylic acid groups (broad SMARTS) is 1. The molecule has 6 rings (SSSR count). The number of aromatic nitrogens is 1. The third-order valence-electron chi connectivity index (χ3n) is 9.40. The summed E-state index contributed by atoms with van der Waals surface area (Å²) in [6, 6.07) is 27.0. The van der Waals surface area contributed by atoms with Gasteiger partial charge in [0.05, 0.1) is 11.6 Å². The van der Waals surface area contributed by atoms with Crippen LogP contribution in [0.3, 0.4) is 0 Å². The first-order valence-electron chi connectivity index (χ1n) is 17.2. The van der Waals surface area contributed by atoms with Crippen molar-refractivity contribution in [1.82, 2.24) is 20.5 Å². The Morgan fingerprint density at radius 1 is 0.943 bits per heavy atom. The number of aliphatic hydroxyl groups is 2. The average molecular weight is 721 g/mol. The third-order valence-corrected chi connectivity index (χ3v) is 9.40. The number of aromatic hydroxyl groups is 1. The van der Waals surface area contributed by atoms with Crippen LogP contribution in [-0.4, -0.2) is 86.9 Å². The minimum absolute atomic E-state index is 0.0681. The van der Waals surface area contributed by atoms with Crippen molar-refractivity contribution in [3.8, 4) is 11.5 Å². The molecule has 2 heterocycles. The van der Waals surface area contributed by atoms with Crippen molar-refractivity contribution < 1.29 is 39.5 Å². The predicted molar refractivity (Wildman–Crippen MR) is 196 cm³/mol. The monoisotopic (exact) mass is 720 g/mol. The third kappa shape index (κ3) is 8.39. The molecule has 1 aliphatic heterocycles. The minimum atomic E-state index is -2.30. The number of pyridine rings is 1. The van der Waals surface area contributed by atoms with E-state index in [1.165, 1.54) is 36.4 Å². The molecule has 1 aromatic heterocycles. The molecule has 0 bridgehead atoms. The topological polar surface area (TPSA) is 202 Å². The smallest absolute Gasteiger partial charge is 0.345 e. The summed E-state index contributed by atoms with van der Waals surface area (Å²) < 4.78 is 5.70. The van der Waals surface area contributed by atoms with Gasteiger partial charge in [0.15, 0.2) is 6.61 Å². The number of hydrogen-bond donors (Lipinski definition) is 7. The number of H-pyrrole nitrogens is 1. The number of phenolic OH excluding ortho intramolecular Hbond substituents is 1. The number of likely N-dealkylation sites (tertiary alicyclic amines) is 1. The first kappa shape index (κ1) is 36.8. The summed E-state index contributed by atoms with van der Waals surface area (Å²) in [5.41, 5.74) is -0.0296. The Kier molecular flexibility index (Phi) is 11.2. The predicted octanol–water partition coefficient (Wildman–Crippen LogP) is 2.83. The van der Waals surface area contributed by atoms with Gasteiger partial charge in [0.2, 0.25) is 11.2 Å². The highest BCUT2D eigenvalue weighted by Gasteiger charge is 2.40. The summed E-state index contributed by atoms with van der Waals surface area (Å²) in [5.74, 6) is -1.82. The molecule has 1 fully saturated rings. The van der Waals surface area contributed by atoms with E-state index in [1.54, 1.807) is 59.5 Å². The van der Waals surface area contributed by atoms with Gasteiger partial charge in [-0.15, -0.1) is 0 Å². The number of nitrogens with zero attached hydrogens (tertiary/aromatic N) is 1. The number of ether oxygens (including phenoxy) is 1. The van der Waals surface area contributed by atoms with Crippen LogP contribution in [0.25, 0.3) is 10.9 Å². The largest absolute Gasteiger partial charge is 0.506 e. The second-order valence-corrected chi connectivity index (χ2v) is 12.9. The van der Waals surface area contributed by atoms with Crippen molar-refractivity contribution in [1.29, 1.82) is 0 Å². The zero-order chi connectivity index (χ0) is 37.5. The lowest BCUT2D eigenvalue weighted by Crippen LogP contribution is -2.39. The van der Waals surface area contributed by atoms with Crippen LogP contribution in [0.5, 0.6) is 11.5 Å². The average Bonchev–Trinajstić information content (AvgIpc) is 3.64. The summed E-state index contributed by atoms with van der Waals surface area (Å²) in [5, 5.41) is 48.6. The van der Waals surface area contributed by atoms with E-state index in [-0.39, 0.29) is 64.7 Å². The summed E-state index contributed by atoms with van der Waals surface area (Å²) in [4.78, 5) is 53.9. The number of carboxylic acids is 1. The molecular formula is C40H40N4O9. The molecule has 13 nitrogen and oxygen atoms in total. The van der Waals surface area contributed by atoms with Crippen molar-refractivity contribution in [2.24, 2.45) is 0 Å². The maximum atomic E-state index is 13.0. The normalized spacial score (nSPS) is 15.8. The van der Waals surface area contributed by atoms with E-state index in [4.69, 9.17) is 4.74 Å². The van der Waals surface area contributed by atoms with Crippen molar-refractivity contribution in [2.45, 2.75) is 30.6 Å². The van der Waals surface area contributed by atoms with Gasteiger partial charge in [0.1, 0.15) is 11.5 Å². The van der Waals surface area contributed by atoms with Crippen LogP contribution in [0.2, 0.25) is 0 Å². The highest BCUT2D eigenvalue weighted by atomic mass is 16.5. The highest BCUT2D eigenvalue weighted by molar-refractivity contribution is 5.94. The summed E-state index contributed by atoms with van der Waals surface area (Å²) in [6.07, 6.45) is 0.357. The Morgan fingerprint density at radius 3 is 2.45 bits per heavy atom. The van der Waals surface area contributed by atoms with Gasteiger partial charge in [-0.05, 0) is 72.5 Å². The number of aliphatic hydroxyl groups excluding tert-OH is 1. The first-order chi connectivity index (χ1) is 25.5. The number of carbonyl (C=O) groups is 3. The van der Waals surface area contributed by atoms with Gasteiger partial charge < -0.3 is 45.7 Å². The molecule has 0 saturated carbocycles. The van der Waals surface area contributed by atoms with E-state index in [0.29, 0.717) is 49.0 Å². The molecular weight excluding hydrogens is 680 g/mol. The van der Waals surface area contributed by atoms with Gasteiger partial charge in [-0.3, -0.25) is 14.4 Å². The van der Waals surface area contributed by atoms with Gasteiger partial charge in [-0.1, -0.05) is 60.7 Å². The first-order valence-corrected chi connectivity index (χ1v) is 17.2. The number of nitrogens with one attached hydrogen (secondary N) is 3. The standard InChI is InChI=1S/C40H40N4O9/c45-33-15-13-31(32-14-16-35(47)43-37(32)33)34(46)22-41-19-17-25-9-11-26(12-10-25)38(49)42-29-18-20-44(23-29)36(48)24-53-30-8-4-7-28(21-30)40(52,39(50)51)27-5-2-1-3-6-27/h1-16,21,29,34,41,45-46,52H,17-20,22-24H2,(H,42,49)(H,43,47)(H,50,51)/t29-,34+,40+/m1/s1. The Hall–Kier alpha value is -6.02. The van der Waals surface area contributed by atoms with Crippen molar-refractivity contribution in [3.63, 3.8) is 0 Å². The Balaban J connectivity index is 0.942. The quantitative estimate of drug-likeness (QED) is 0.0837. The SMILES string of the molecule is O=C(N[C@@H]1CCN(C(=O)COc2cccc([C@](O)(C(=O)O)c3ccccc3)c2)C1)c1ccc(CCNC[C@H](O)c2ccc(O)c3[nH]c(=O)ccc23)cc1. The number of aliphatic carboxylic acids is 1. The molecule has 1 saturated heterocycles. The lowest BCUT2D eigenvalue weighted by Gasteiger charge is -2.25. The number of benzene rings is 4. The fourth-order valence-electron chi connectivity index (χ4n) is 6.47. The summed E-state index contributed by atoms with van der Waals surface area (Å²) in [7, 11) is 0. The number of carbonyl (C=O) groups excluding carboxylic acids is 2. The number of rotatable bonds is 14.